The highest BCUT2D eigenvalue weighted by Crippen LogP contribution is 2.69. The second-order valence-electron chi connectivity index (χ2n) is 19.3. The van der Waals surface area contributed by atoms with E-state index < -0.39 is 83.7 Å². The number of nitrogens with zero attached hydrogens (tertiary/aromatic N) is 3. The minimum atomic E-state index is -2.25. The van der Waals surface area contributed by atoms with Crippen molar-refractivity contribution in [2.24, 2.45) is 17.8 Å². The molecule has 5 heterocycles. The van der Waals surface area contributed by atoms with Gasteiger partial charge >= 0.3 is 0 Å². The van der Waals surface area contributed by atoms with E-state index in [4.69, 9.17) is 18.9 Å². The summed E-state index contributed by atoms with van der Waals surface area (Å²) in [6, 6.07) is -0.778. The van der Waals surface area contributed by atoms with E-state index >= 15 is 4.79 Å². The molecule has 6 unspecified atom stereocenters. The Labute approximate surface area is 378 Å². The van der Waals surface area contributed by atoms with Crippen molar-refractivity contribution in [1.82, 2.24) is 20.1 Å². The number of aliphatic hydroxyl groups excluding tert-OH is 5. The van der Waals surface area contributed by atoms with Crippen LogP contribution >= 0.6 is 0 Å². The van der Waals surface area contributed by atoms with Crippen LogP contribution in [-0.4, -0.2) is 124 Å². The van der Waals surface area contributed by atoms with E-state index in [0.29, 0.717) is 58.9 Å². The van der Waals surface area contributed by atoms with Gasteiger partial charge in [-0.15, -0.1) is 0 Å². The van der Waals surface area contributed by atoms with Crippen molar-refractivity contribution in [3.63, 3.8) is 0 Å². The van der Waals surface area contributed by atoms with Gasteiger partial charge in [0.2, 0.25) is 18.1 Å². The normalized spacial score (nSPS) is 32.9. The molecule has 7 aliphatic rings. The fraction of sp³-hybridized carbons (Fsp3) is 0.583. The third kappa shape index (κ3) is 7.52. The number of amides is 1. The highest BCUT2D eigenvalue weighted by molar-refractivity contribution is 6.02. The summed E-state index contributed by atoms with van der Waals surface area (Å²) in [5.41, 5.74) is -0.157. The molecule has 2 bridgehead atoms. The molecule has 3 aliphatic carbocycles. The smallest absolute Gasteiger partial charge is 0.246 e. The van der Waals surface area contributed by atoms with Crippen molar-refractivity contribution in [3.8, 4) is 17.2 Å². The summed E-state index contributed by atoms with van der Waals surface area (Å²) < 4.78 is 29.2. The van der Waals surface area contributed by atoms with Gasteiger partial charge in [-0.05, 0) is 85.3 Å². The number of hydrogen-bond donors (Lipinski definition) is 8. The Morgan fingerprint density at radius 3 is 2.46 bits per heavy atom. The first-order valence-electron chi connectivity index (χ1n) is 22.6. The van der Waals surface area contributed by atoms with Crippen LogP contribution in [0.1, 0.15) is 104 Å². The number of hydrogen-bond acceptors (Lipinski definition) is 15. The lowest BCUT2D eigenvalue weighted by Crippen LogP contribution is -2.78. The second kappa shape index (κ2) is 17.4. The molecule has 1 saturated heterocycles. The van der Waals surface area contributed by atoms with Crippen molar-refractivity contribution in [2.75, 3.05) is 25.1 Å². The van der Waals surface area contributed by atoms with Gasteiger partial charge < -0.3 is 60.2 Å². The van der Waals surface area contributed by atoms with E-state index in [1.54, 1.807) is 17.7 Å². The molecule has 8 N–H and O–H groups in total. The number of anilines is 1. The number of ketones is 1. The van der Waals surface area contributed by atoms with Gasteiger partial charge in [-0.25, -0.2) is 4.68 Å². The number of rotatable bonds is 14. The number of carbonyl (C=O) groups excluding carboxylic acids is 2. The van der Waals surface area contributed by atoms with Crippen molar-refractivity contribution >= 4 is 29.4 Å². The monoisotopic (exact) mass is 901 g/mol. The molecule has 11 atom stereocenters. The Morgan fingerprint density at radius 1 is 1.05 bits per heavy atom. The molecule has 17 heteroatoms. The summed E-state index contributed by atoms with van der Waals surface area (Å²) in [7, 11) is 0. The number of ether oxygens (including phenoxy) is 4. The van der Waals surface area contributed by atoms with Gasteiger partial charge in [0.05, 0.1) is 36.1 Å². The summed E-state index contributed by atoms with van der Waals surface area (Å²) in [4.78, 5) is 33.0. The van der Waals surface area contributed by atoms with E-state index in [1.165, 1.54) is 6.33 Å². The van der Waals surface area contributed by atoms with Crippen LogP contribution in [-0.2, 0) is 20.7 Å². The lowest BCUT2D eigenvalue weighted by molar-refractivity contribution is -0.277. The first-order valence-corrected chi connectivity index (χ1v) is 22.6. The summed E-state index contributed by atoms with van der Waals surface area (Å²) in [5.74, 6) is -1.36. The summed E-state index contributed by atoms with van der Waals surface area (Å²) >= 11 is 0. The summed E-state index contributed by atoms with van der Waals surface area (Å²) in [5, 5.41) is 77.1. The zero-order valence-corrected chi connectivity index (χ0v) is 38.3. The SMILES string of the molecule is CC(C)=CCCC1(C)C=Cc2c(c(CC=C(C)C)c3c(c2O[C@H]2O[C@@H](CO)[C@H](O)[C@@H](O)[C@@H]2O)C2=C4C(C5CC(C(C)C)C4(O3)C(O)(C/C=C(/C)C(=O)NCCO)C5=O)n3ncnc3N2)O1. The van der Waals surface area contributed by atoms with Crippen LogP contribution in [0.2, 0.25) is 0 Å². The van der Waals surface area contributed by atoms with Gasteiger partial charge in [0, 0.05) is 41.5 Å². The van der Waals surface area contributed by atoms with Crippen LogP contribution in [0.25, 0.3) is 11.8 Å². The fourth-order valence-electron chi connectivity index (χ4n) is 10.6. The highest BCUT2D eigenvalue weighted by atomic mass is 16.7. The first kappa shape index (κ1) is 46.6. The average Bonchev–Trinajstić information content (AvgIpc) is 3.74. The zero-order valence-electron chi connectivity index (χ0n) is 38.3. The zero-order chi connectivity index (χ0) is 46.9. The number of aromatic nitrogens is 3. The number of nitrogens with one attached hydrogen (secondary N) is 2. The minimum Gasteiger partial charge on any atom is -0.482 e. The van der Waals surface area contributed by atoms with Gasteiger partial charge in [0.15, 0.2) is 17.0 Å². The molecule has 9 rings (SSSR count). The summed E-state index contributed by atoms with van der Waals surface area (Å²) in [6.45, 7) is 14.7. The topological polar surface area (TPSA) is 247 Å². The van der Waals surface area contributed by atoms with Gasteiger partial charge in [-0.2, -0.15) is 10.1 Å². The number of allylic oxidation sites excluding steroid dienone is 4. The molecule has 0 radical (unpaired) electrons. The number of aliphatic hydroxyl groups is 6. The average molecular weight is 902 g/mol. The van der Waals surface area contributed by atoms with E-state index in [-0.39, 0.29) is 49.0 Å². The Morgan fingerprint density at radius 2 is 1.78 bits per heavy atom. The van der Waals surface area contributed by atoms with E-state index in [0.717, 1.165) is 11.1 Å². The molecule has 1 amide bonds. The lowest BCUT2D eigenvalue weighted by Gasteiger charge is -2.65. The van der Waals surface area contributed by atoms with Crippen molar-refractivity contribution < 1.29 is 59.2 Å². The van der Waals surface area contributed by atoms with Gasteiger partial charge in [0.1, 0.15) is 53.6 Å². The number of benzene rings is 1. The van der Waals surface area contributed by atoms with Crippen LogP contribution in [0, 0.1) is 17.8 Å². The third-order valence-electron chi connectivity index (χ3n) is 14.0. The third-order valence-corrected chi connectivity index (χ3v) is 14.0. The molecule has 17 nitrogen and oxygen atoms in total. The van der Waals surface area contributed by atoms with Crippen molar-refractivity contribution in [3.05, 3.63) is 69.6 Å². The number of fused-ring (bicyclic) bond motifs is 6. The molecule has 1 aromatic carbocycles. The van der Waals surface area contributed by atoms with Crippen molar-refractivity contribution in [1.29, 1.82) is 0 Å². The van der Waals surface area contributed by atoms with Crippen LogP contribution in [0.3, 0.4) is 0 Å². The first-order chi connectivity index (χ1) is 30.8. The molecule has 4 aliphatic heterocycles. The van der Waals surface area contributed by atoms with Crippen LogP contribution in [0.5, 0.6) is 17.2 Å². The molecule has 1 aromatic heterocycles. The van der Waals surface area contributed by atoms with Crippen LogP contribution < -0.4 is 24.8 Å². The summed E-state index contributed by atoms with van der Waals surface area (Å²) in [6.07, 6.45) is 4.47. The Kier molecular flexibility index (Phi) is 12.5. The second-order valence-corrected chi connectivity index (χ2v) is 19.3. The molecule has 3 saturated carbocycles. The van der Waals surface area contributed by atoms with E-state index in [9.17, 15) is 35.4 Å². The largest absolute Gasteiger partial charge is 0.482 e. The molecular formula is C48H63N5O12. The predicted octanol–water partition coefficient (Wildman–Crippen LogP) is 3.44. The highest BCUT2D eigenvalue weighted by Gasteiger charge is 2.77. The van der Waals surface area contributed by atoms with E-state index in [2.05, 4.69) is 26.8 Å². The molecule has 1 spiro atoms. The molecule has 65 heavy (non-hydrogen) atoms. The molecular weight excluding hydrogens is 839 g/mol. The maximum absolute atomic E-state index is 15.3. The lowest BCUT2D eigenvalue weighted by atomic mass is 9.46. The predicted molar refractivity (Wildman–Crippen MR) is 239 cm³/mol. The number of Topliss-reactive ketones (excluding diaryl/α,β-unsaturated/α-hetero) is 1. The fourth-order valence-corrected chi connectivity index (χ4v) is 10.6. The van der Waals surface area contributed by atoms with E-state index in [1.807, 2.05) is 66.7 Å². The maximum atomic E-state index is 15.3. The Balaban J connectivity index is 1.44. The maximum Gasteiger partial charge on any atom is 0.246 e. The molecule has 352 valence electrons. The van der Waals surface area contributed by atoms with Crippen LogP contribution in [0.15, 0.2) is 52.9 Å². The van der Waals surface area contributed by atoms with Gasteiger partial charge in [-0.1, -0.05) is 43.2 Å². The molecule has 2 aromatic rings. The molecule has 4 fully saturated rings. The number of carbonyl (C=O) groups is 2. The minimum absolute atomic E-state index is 0.0237. The van der Waals surface area contributed by atoms with Gasteiger partial charge in [0.25, 0.3) is 0 Å². The van der Waals surface area contributed by atoms with Crippen molar-refractivity contribution in [2.45, 2.75) is 141 Å². The quantitative estimate of drug-likeness (QED) is 0.100. The van der Waals surface area contributed by atoms with Crippen LogP contribution in [0.4, 0.5) is 5.95 Å². The standard InChI is InChI=1S/C48H63N5O12/c1-23(2)10-9-15-46(8)16-14-28-39(64-46)27(12-11-24(3)4)41-32(40(28)63-44-38(58)37(57)36(56)31(21-55)62-44)34-33-35(53-45(52-34)50-22-51-53)29-20-30(25(5)6)48(33,65-41)47(61,42(29)59)17-13-26(7)43(60)49-18-19-54/h10-11,13-14,16,22,25,29-31,35-38,44,54-58,61H,9,12,15,17-21H2,1-8H3,(H,49,60)(H,50,51,52)/b26-13-/t29?,30?,31-,35?,36-,37+,38-,44+,46?,47?,48?/m0/s1. The van der Waals surface area contributed by atoms with Gasteiger partial charge in [-0.3, -0.25) is 9.59 Å². The Bertz CT molecular complexity index is 2390. The Hall–Kier alpha value is -4.88.